The Hall–Kier alpha value is -2.08. The van der Waals surface area contributed by atoms with Crippen molar-refractivity contribution >= 4 is 11.9 Å². The van der Waals surface area contributed by atoms with Crippen LogP contribution in [-0.2, 0) is 11.3 Å². The molecule has 3 amide bonds. The van der Waals surface area contributed by atoms with E-state index in [0.29, 0.717) is 19.4 Å². The van der Waals surface area contributed by atoms with E-state index in [4.69, 9.17) is 0 Å². The minimum atomic E-state index is -0.679. The number of urea groups is 1. The number of carbonyl (C=O) groups excluding carboxylic acids is 2. The molecule has 0 bridgehead atoms. The SMILES string of the molecule is CC(C)CN1C(=O)N(C)C2(CCN(Cc3cccc(O)c3)CC2)C1=O. The second-order valence-corrected chi connectivity index (χ2v) is 7.63. The Morgan fingerprint density at radius 2 is 1.88 bits per heavy atom. The predicted molar refractivity (Wildman–Crippen MR) is 95.1 cm³/mol. The number of rotatable bonds is 4. The second kappa shape index (κ2) is 6.67. The van der Waals surface area contributed by atoms with Crippen LogP contribution in [0.5, 0.6) is 5.75 Å². The number of carbonyl (C=O) groups is 2. The molecule has 2 fully saturated rings. The lowest BCUT2D eigenvalue weighted by atomic mass is 9.86. The minimum Gasteiger partial charge on any atom is -0.508 e. The van der Waals surface area contributed by atoms with E-state index in [9.17, 15) is 14.7 Å². The fraction of sp³-hybridized carbons (Fsp3) is 0.579. The van der Waals surface area contributed by atoms with Crippen LogP contribution in [0.15, 0.2) is 24.3 Å². The fourth-order valence-electron chi connectivity index (χ4n) is 3.92. The van der Waals surface area contributed by atoms with Gasteiger partial charge in [0.15, 0.2) is 0 Å². The van der Waals surface area contributed by atoms with Crippen LogP contribution in [0, 0.1) is 5.92 Å². The molecule has 6 nitrogen and oxygen atoms in total. The number of likely N-dealkylation sites (N-methyl/N-ethyl adjacent to an activating group) is 1. The highest BCUT2D eigenvalue weighted by Crippen LogP contribution is 2.36. The molecule has 25 heavy (non-hydrogen) atoms. The number of benzene rings is 1. The molecule has 2 aliphatic heterocycles. The summed E-state index contributed by atoms with van der Waals surface area (Å²) < 4.78 is 0. The number of phenolic OH excluding ortho intramolecular Hbond substituents is 1. The summed E-state index contributed by atoms with van der Waals surface area (Å²) in [6, 6.07) is 7.10. The summed E-state index contributed by atoms with van der Waals surface area (Å²) in [4.78, 5) is 30.8. The van der Waals surface area contributed by atoms with Gasteiger partial charge in [0.2, 0.25) is 0 Å². The zero-order chi connectivity index (χ0) is 18.2. The van der Waals surface area contributed by atoms with Gasteiger partial charge in [-0.25, -0.2) is 4.79 Å². The highest BCUT2D eigenvalue weighted by molar-refractivity contribution is 6.07. The normalized spacial score (nSPS) is 21.0. The Labute approximate surface area is 149 Å². The monoisotopic (exact) mass is 345 g/mol. The molecule has 2 saturated heterocycles. The maximum atomic E-state index is 13.0. The van der Waals surface area contributed by atoms with Crippen molar-refractivity contribution in [2.24, 2.45) is 5.92 Å². The Balaban J connectivity index is 1.68. The Morgan fingerprint density at radius 3 is 2.48 bits per heavy atom. The summed E-state index contributed by atoms with van der Waals surface area (Å²) in [6.45, 7) is 6.78. The average molecular weight is 345 g/mol. The van der Waals surface area contributed by atoms with Crippen molar-refractivity contribution in [3.05, 3.63) is 29.8 Å². The molecular formula is C19H27N3O3. The standard InChI is InChI=1S/C19H27N3O3/c1-14(2)12-22-17(24)19(20(3)18(22)25)7-9-21(10-8-19)13-15-5-4-6-16(23)11-15/h4-6,11,14,23H,7-10,12-13H2,1-3H3. The van der Waals surface area contributed by atoms with Gasteiger partial charge in [0.25, 0.3) is 5.91 Å². The second-order valence-electron chi connectivity index (χ2n) is 7.63. The molecule has 3 rings (SSSR count). The van der Waals surface area contributed by atoms with Crippen LogP contribution < -0.4 is 0 Å². The lowest BCUT2D eigenvalue weighted by Gasteiger charge is -2.40. The van der Waals surface area contributed by atoms with Gasteiger partial charge in [-0.3, -0.25) is 14.6 Å². The van der Waals surface area contributed by atoms with E-state index in [0.717, 1.165) is 25.2 Å². The molecule has 0 radical (unpaired) electrons. The maximum absolute atomic E-state index is 13.0. The summed E-state index contributed by atoms with van der Waals surface area (Å²) in [7, 11) is 1.76. The van der Waals surface area contributed by atoms with Crippen LogP contribution in [-0.4, -0.2) is 64.0 Å². The first kappa shape index (κ1) is 17.7. The van der Waals surface area contributed by atoms with E-state index in [2.05, 4.69) is 4.90 Å². The largest absolute Gasteiger partial charge is 0.508 e. The molecule has 0 aromatic heterocycles. The van der Waals surface area contributed by atoms with Gasteiger partial charge in [0.05, 0.1) is 0 Å². The molecule has 0 aliphatic carbocycles. The number of amides is 3. The summed E-state index contributed by atoms with van der Waals surface area (Å²) in [5.41, 5.74) is 0.376. The van der Waals surface area contributed by atoms with Crippen LogP contribution in [0.3, 0.4) is 0 Å². The predicted octanol–water partition coefficient (Wildman–Crippen LogP) is 2.28. The first-order valence-electron chi connectivity index (χ1n) is 8.93. The number of aromatic hydroxyl groups is 1. The Morgan fingerprint density at radius 1 is 1.20 bits per heavy atom. The van der Waals surface area contributed by atoms with Gasteiger partial charge >= 0.3 is 6.03 Å². The van der Waals surface area contributed by atoms with Gasteiger partial charge in [-0.05, 0) is 36.5 Å². The van der Waals surface area contributed by atoms with Crippen LogP contribution in [0.1, 0.15) is 32.3 Å². The highest BCUT2D eigenvalue weighted by Gasteiger charge is 2.56. The van der Waals surface area contributed by atoms with Crippen molar-refractivity contribution < 1.29 is 14.7 Å². The van der Waals surface area contributed by atoms with E-state index in [-0.39, 0.29) is 23.6 Å². The van der Waals surface area contributed by atoms with Gasteiger partial charge in [-0.2, -0.15) is 0 Å². The Kier molecular flexibility index (Phi) is 4.73. The van der Waals surface area contributed by atoms with Gasteiger partial charge in [0, 0.05) is 33.2 Å². The quantitative estimate of drug-likeness (QED) is 0.851. The smallest absolute Gasteiger partial charge is 0.327 e. The van der Waals surface area contributed by atoms with Crippen molar-refractivity contribution in [3.8, 4) is 5.75 Å². The highest BCUT2D eigenvalue weighted by atomic mass is 16.3. The third-order valence-electron chi connectivity index (χ3n) is 5.35. The molecule has 1 aromatic carbocycles. The molecule has 1 N–H and O–H groups in total. The number of nitrogens with zero attached hydrogens (tertiary/aromatic N) is 3. The molecule has 0 unspecified atom stereocenters. The molecular weight excluding hydrogens is 318 g/mol. The van der Waals surface area contributed by atoms with E-state index >= 15 is 0 Å². The van der Waals surface area contributed by atoms with Crippen molar-refractivity contribution in [1.29, 1.82) is 0 Å². The van der Waals surface area contributed by atoms with Crippen molar-refractivity contribution in [3.63, 3.8) is 0 Å². The summed E-state index contributed by atoms with van der Waals surface area (Å²) in [5.74, 6) is 0.500. The third kappa shape index (κ3) is 3.23. The number of likely N-dealkylation sites (tertiary alicyclic amines) is 1. The van der Waals surface area contributed by atoms with E-state index in [1.165, 1.54) is 4.90 Å². The molecule has 2 aliphatic rings. The summed E-state index contributed by atoms with van der Waals surface area (Å²) >= 11 is 0. The molecule has 0 atom stereocenters. The number of imide groups is 1. The lowest BCUT2D eigenvalue weighted by Crippen LogP contribution is -2.55. The fourth-order valence-corrected chi connectivity index (χ4v) is 3.92. The van der Waals surface area contributed by atoms with Gasteiger partial charge in [-0.15, -0.1) is 0 Å². The first-order chi connectivity index (χ1) is 11.8. The molecule has 136 valence electrons. The van der Waals surface area contributed by atoms with Crippen LogP contribution >= 0.6 is 0 Å². The molecule has 2 heterocycles. The van der Waals surface area contributed by atoms with Crippen molar-refractivity contribution in [1.82, 2.24) is 14.7 Å². The van der Waals surface area contributed by atoms with Gasteiger partial charge in [0.1, 0.15) is 11.3 Å². The van der Waals surface area contributed by atoms with E-state index in [1.807, 2.05) is 26.0 Å². The Bertz CT molecular complexity index is 666. The minimum absolute atomic E-state index is 0.0364. The molecule has 1 spiro atoms. The number of hydrogen-bond donors (Lipinski definition) is 1. The maximum Gasteiger partial charge on any atom is 0.327 e. The van der Waals surface area contributed by atoms with Crippen LogP contribution in [0.2, 0.25) is 0 Å². The average Bonchev–Trinajstić information content (AvgIpc) is 2.73. The molecule has 0 saturated carbocycles. The van der Waals surface area contributed by atoms with Crippen LogP contribution in [0.25, 0.3) is 0 Å². The first-order valence-corrected chi connectivity index (χ1v) is 8.93. The number of piperidine rings is 1. The zero-order valence-corrected chi connectivity index (χ0v) is 15.2. The zero-order valence-electron chi connectivity index (χ0n) is 15.2. The van der Waals surface area contributed by atoms with Gasteiger partial charge in [-0.1, -0.05) is 26.0 Å². The topological polar surface area (TPSA) is 64.1 Å². The molecule has 1 aromatic rings. The summed E-state index contributed by atoms with van der Waals surface area (Å²) in [5, 5.41) is 9.60. The lowest BCUT2D eigenvalue weighted by molar-refractivity contribution is -0.135. The van der Waals surface area contributed by atoms with E-state index in [1.54, 1.807) is 24.1 Å². The van der Waals surface area contributed by atoms with Crippen LogP contribution in [0.4, 0.5) is 4.79 Å². The van der Waals surface area contributed by atoms with E-state index < -0.39 is 5.54 Å². The van der Waals surface area contributed by atoms with Crippen molar-refractivity contribution in [2.45, 2.75) is 38.8 Å². The van der Waals surface area contributed by atoms with Crippen molar-refractivity contribution in [2.75, 3.05) is 26.7 Å². The number of phenols is 1. The third-order valence-corrected chi connectivity index (χ3v) is 5.35. The summed E-state index contributed by atoms with van der Waals surface area (Å²) in [6.07, 6.45) is 1.31. The molecule has 6 heteroatoms. The van der Waals surface area contributed by atoms with Gasteiger partial charge < -0.3 is 10.0 Å². The number of hydrogen-bond acceptors (Lipinski definition) is 4.